The predicted octanol–water partition coefficient (Wildman–Crippen LogP) is 0.504. The number of nitrogens with two attached hydrogens (primary N) is 1. The minimum Gasteiger partial charge on any atom is -0.324 e. The van der Waals surface area contributed by atoms with Gasteiger partial charge in [-0.25, -0.2) is 0 Å². The molecular weight excluding hydrogens is 174 g/mol. The average molecular weight is 197 g/mol. The topological polar surface area (TPSA) is 32.5 Å². The normalized spacial score (nSPS) is 34.1. The summed E-state index contributed by atoms with van der Waals surface area (Å²) in [7, 11) is 2.21. The lowest BCUT2D eigenvalue weighted by Gasteiger charge is -2.45. The van der Waals surface area contributed by atoms with E-state index in [4.69, 9.17) is 5.73 Å². The van der Waals surface area contributed by atoms with Crippen LogP contribution in [0.1, 0.15) is 26.2 Å². The van der Waals surface area contributed by atoms with E-state index in [2.05, 4.69) is 23.8 Å². The first-order chi connectivity index (χ1) is 6.59. The molecule has 82 valence electrons. The lowest BCUT2D eigenvalue weighted by molar-refractivity contribution is 0.0671. The third-order valence-corrected chi connectivity index (χ3v) is 3.93. The first kappa shape index (κ1) is 10.4. The molecule has 3 heteroatoms. The monoisotopic (exact) mass is 197 g/mol. The van der Waals surface area contributed by atoms with Gasteiger partial charge in [0.1, 0.15) is 0 Å². The van der Waals surface area contributed by atoms with Gasteiger partial charge in [0.05, 0.1) is 0 Å². The molecule has 0 aromatic rings. The SMILES string of the molecule is CC1CN(CC2(N)CCC2)CCN1C. The molecule has 2 aliphatic rings. The Morgan fingerprint density at radius 1 is 1.36 bits per heavy atom. The molecule has 2 rings (SSSR count). The molecule has 1 heterocycles. The maximum atomic E-state index is 6.26. The van der Waals surface area contributed by atoms with Crippen molar-refractivity contribution in [2.75, 3.05) is 33.2 Å². The maximum absolute atomic E-state index is 6.26. The summed E-state index contributed by atoms with van der Waals surface area (Å²) >= 11 is 0. The van der Waals surface area contributed by atoms with E-state index >= 15 is 0 Å². The zero-order chi connectivity index (χ0) is 10.2. The number of hydrogen-bond acceptors (Lipinski definition) is 3. The van der Waals surface area contributed by atoms with Crippen LogP contribution in [0, 0.1) is 0 Å². The molecule has 2 fully saturated rings. The van der Waals surface area contributed by atoms with Crippen LogP contribution in [-0.4, -0.2) is 54.6 Å². The van der Waals surface area contributed by atoms with E-state index in [1.54, 1.807) is 0 Å². The lowest BCUT2D eigenvalue weighted by Crippen LogP contribution is -2.59. The van der Waals surface area contributed by atoms with Crippen LogP contribution in [0.15, 0.2) is 0 Å². The van der Waals surface area contributed by atoms with E-state index in [0.717, 1.165) is 6.54 Å². The van der Waals surface area contributed by atoms with Gasteiger partial charge in [0.15, 0.2) is 0 Å². The molecule has 1 aliphatic heterocycles. The molecule has 1 atom stereocenters. The van der Waals surface area contributed by atoms with E-state index in [9.17, 15) is 0 Å². The summed E-state index contributed by atoms with van der Waals surface area (Å²) in [6, 6.07) is 0.687. The minimum absolute atomic E-state index is 0.162. The van der Waals surface area contributed by atoms with Crippen molar-refractivity contribution in [2.24, 2.45) is 5.73 Å². The van der Waals surface area contributed by atoms with Gasteiger partial charge < -0.3 is 10.6 Å². The van der Waals surface area contributed by atoms with Gasteiger partial charge in [0.25, 0.3) is 0 Å². The molecule has 14 heavy (non-hydrogen) atoms. The second-order valence-corrected chi connectivity index (χ2v) is 5.28. The van der Waals surface area contributed by atoms with Crippen molar-refractivity contribution in [3.63, 3.8) is 0 Å². The molecule has 0 aromatic heterocycles. The largest absolute Gasteiger partial charge is 0.324 e. The Morgan fingerprint density at radius 3 is 2.57 bits per heavy atom. The molecule has 0 aromatic carbocycles. The highest BCUT2D eigenvalue weighted by molar-refractivity contribution is 4.96. The fraction of sp³-hybridized carbons (Fsp3) is 1.00. The molecular formula is C11H23N3. The van der Waals surface area contributed by atoms with Gasteiger partial charge in [-0.2, -0.15) is 0 Å². The van der Waals surface area contributed by atoms with Crippen LogP contribution in [0.2, 0.25) is 0 Å². The summed E-state index contributed by atoms with van der Waals surface area (Å²) in [6.07, 6.45) is 3.79. The summed E-state index contributed by atoms with van der Waals surface area (Å²) in [5.74, 6) is 0. The summed E-state index contributed by atoms with van der Waals surface area (Å²) < 4.78 is 0. The molecule has 0 radical (unpaired) electrons. The second-order valence-electron chi connectivity index (χ2n) is 5.28. The highest BCUT2D eigenvalue weighted by atomic mass is 15.3. The van der Waals surface area contributed by atoms with Gasteiger partial charge in [-0.3, -0.25) is 4.90 Å². The molecule has 1 unspecified atom stereocenters. The molecule has 0 amide bonds. The van der Waals surface area contributed by atoms with E-state index in [-0.39, 0.29) is 5.54 Å². The highest BCUT2D eigenvalue weighted by Gasteiger charge is 2.35. The number of hydrogen-bond donors (Lipinski definition) is 1. The van der Waals surface area contributed by atoms with Crippen LogP contribution in [-0.2, 0) is 0 Å². The lowest BCUT2D eigenvalue weighted by atomic mass is 9.77. The van der Waals surface area contributed by atoms with Crippen molar-refractivity contribution in [1.29, 1.82) is 0 Å². The molecule has 0 bridgehead atoms. The fourth-order valence-corrected chi connectivity index (χ4v) is 2.50. The number of likely N-dealkylation sites (N-methyl/N-ethyl adjacent to an activating group) is 1. The fourth-order valence-electron chi connectivity index (χ4n) is 2.50. The van der Waals surface area contributed by atoms with Gasteiger partial charge in [-0.15, -0.1) is 0 Å². The summed E-state index contributed by atoms with van der Waals surface area (Å²) in [5, 5.41) is 0. The van der Waals surface area contributed by atoms with Crippen molar-refractivity contribution >= 4 is 0 Å². The Bertz CT molecular complexity index is 201. The maximum Gasteiger partial charge on any atom is 0.0283 e. The van der Waals surface area contributed by atoms with Gasteiger partial charge in [0.2, 0.25) is 0 Å². The van der Waals surface area contributed by atoms with Crippen LogP contribution in [0.4, 0.5) is 0 Å². The Hall–Kier alpha value is -0.120. The van der Waals surface area contributed by atoms with Crippen LogP contribution >= 0.6 is 0 Å². The van der Waals surface area contributed by atoms with Gasteiger partial charge in [-0.1, -0.05) is 0 Å². The number of piperazine rings is 1. The molecule has 0 spiro atoms. The van der Waals surface area contributed by atoms with E-state index in [0.29, 0.717) is 6.04 Å². The first-order valence-electron chi connectivity index (χ1n) is 5.81. The Kier molecular flexibility index (Phi) is 2.82. The van der Waals surface area contributed by atoms with Gasteiger partial charge in [0, 0.05) is 37.8 Å². The van der Waals surface area contributed by atoms with Gasteiger partial charge >= 0.3 is 0 Å². The van der Waals surface area contributed by atoms with Crippen LogP contribution in [0.25, 0.3) is 0 Å². The van der Waals surface area contributed by atoms with Crippen molar-refractivity contribution in [3.8, 4) is 0 Å². The van der Waals surface area contributed by atoms with Crippen LogP contribution in [0.5, 0.6) is 0 Å². The Balaban J connectivity index is 1.81. The highest BCUT2D eigenvalue weighted by Crippen LogP contribution is 2.30. The molecule has 1 saturated carbocycles. The average Bonchev–Trinajstić information content (AvgIpc) is 2.09. The predicted molar refractivity (Wildman–Crippen MR) is 59.3 cm³/mol. The van der Waals surface area contributed by atoms with Crippen LogP contribution < -0.4 is 5.73 Å². The van der Waals surface area contributed by atoms with Crippen LogP contribution in [0.3, 0.4) is 0 Å². The molecule has 1 saturated heterocycles. The summed E-state index contributed by atoms with van der Waals surface area (Å²) in [4.78, 5) is 4.98. The van der Waals surface area contributed by atoms with E-state index in [1.807, 2.05) is 0 Å². The third-order valence-electron chi connectivity index (χ3n) is 3.93. The third kappa shape index (κ3) is 2.10. The number of rotatable bonds is 2. The zero-order valence-corrected chi connectivity index (χ0v) is 9.50. The first-order valence-corrected chi connectivity index (χ1v) is 5.81. The zero-order valence-electron chi connectivity index (χ0n) is 9.50. The van der Waals surface area contributed by atoms with E-state index in [1.165, 1.54) is 38.9 Å². The van der Waals surface area contributed by atoms with Crippen molar-refractivity contribution in [2.45, 2.75) is 37.8 Å². The Labute approximate surface area is 87.2 Å². The van der Waals surface area contributed by atoms with Crippen molar-refractivity contribution < 1.29 is 0 Å². The van der Waals surface area contributed by atoms with Gasteiger partial charge in [-0.05, 0) is 33.2 Å². The van der Waals surface area contributed by atoms with E-state index < -0.39 is 0 Å². The van der Waals surface area contributed by atoms with Crippen molar-refractivity contribution in [1.82, 2.24) is 9.80 Å². The van der Waals surface area contributed by atoms with Crippen molar-refractivity contribution in [3.05, 3.63) is 0 Å². The number of nitrogens with zero attached hydrogens (tertiary/aromatic N) is 2. The summed E-state index contributed by atoms with van der Waals surface area (Å²) in [5.41, 5.74) is 6.42. The standard InChI is InChI=1S/C11H23N3/c1-10-8-14(7-6-13(10)2)9-11(12)4-3-5-11/h10H,3-9,12H2,1-2H3. The molecule has 1 aliphatic carbocycles. The summed E-state index contributed by atoms with van der Waals surface area (Å²) in [6.45, 7) is 6.99. The smallest absolute Gasteiger partial charge is 0.0283 e. The minimum atomic E-state index is 0.162. The second kappa shape index (κ2) is 3.80. The Morgan fingerprint density at radius 2 is 2.07 bits per heavy atom. The quantitative estimate of drug-likeness (QED) is 0.700. The molecule has 2 N–H and O–H groups in total. The molecule has 3 nitrogen and oxygen atoms in total.